The molecule has 4 nitrogen and oxygen atoms in total. The van der Waals surface area contributed by atoms with Crippen LogP contribution >= 0.6 is 0 Å². The van der Waals surface area contributed by atoms with Crippen molar-refractivity contribution < 1.29 is 4.79 Å². The van der Waals surface area contributed by atoms with Gasteiger partial charge in [0.2, 0.25) is 0 Å². The van der Waals surface area contributed by atoms with Crippen LogP contribution in [0.4, 0.5) is 0 Å². The molecule has 1 aliphatic rings. The topological polar surface area (TPSA) is 71.8 Å². The average Bonchev–Trinajstić information content (AvgIpc) is 3.24. The Balaban J connectivity index is 2.08. The van der Waals surface area contributed by atoms with Gasteiger partial charge in [-0.1, -0.05) is 12.1 Å². The summed E-state index contributed by atoms with van der Waals surface area (Å²) >= 11 is 0. The van der Waals surface area contributed by atoms with Crippen LogP contribution in [0.2, 0.25) is 0 Å². The molecule has 0 aliphatic heterocycles. The average molecular weight is 279 g/mol. The van der Waals surface area contributed by atoms with Gasteiger partial charge in [0.05, 0.1) is 17.2 Å². The summed E-state index contributed by atoms with van der Waals surface area (Å²) < 4.78 is 2.18. The summed E-state index contributed by atoms with van der Waals surface area (Å²) in [6.45, 7) is 2.87. The number of rotatable bonds is 4. The zero-order chi connectivity index (χ0) is 15.0. The normalized spacial score (nSPS) is 13.9. The molecule has 1 aromatic heterocycles. The second-order valence-electron chi connectivity index (χ2n) is 5.64. The molecule has 0 bridgehead atoms. The first-order valence-corrected chi connectivity index (χ1v) is 7.10. The van der Waals surface area contributed by atoms with E-state index >= 15 is 0 Å². The molecule has 1 saturated carbocycles. The molecule has 106 valence electrons. The van der Waals surface area contributed by atoms with Gasteiger partial charge in [0, 0.05) is 17.9 Å². The third kappa shape index (κ3) is 2.55. The summed E-state index contributed by atoms with van der Waals surface area (Å²) in [7, 11) is 0. The zero-order valence-corrected chi connectivity index (χ0v) is 12.0. The molecule has 0 radical (unpaired) electrons. The lowest BCUT2D eigenvalue weighted by molar-refractivity contribution is 0.0999. The standard InChI is InChI=1S/C17H17N3O/c1-11-15(17(19)21)8-16(20(11)10-13-2-3-13)14-6-4-12(9-18)5-7-14/h4-8,13H,2-3,10H2,1H3,(H2,19,21). The Morgan fingerprint density at radius 2 is 2.05 bits per heavy atom. The number of primary amides is 1. The van der Waals surface area contributed by atoms with Gasteiger partial charge in [0.1, 0.15) is 0 Å². The zero-order valence-electron chi connectivity index (χ0n) is 12.0. The van der Waals surface area contributed by atoms with Gasteiger partial charge in [-0.3, -0.25) is 4.79 Å². The van der Waals surface area contributed by atoms with Crippen LogP contribution in [0, 0.1) is 24.2 Å². The van der Waals surface area contributed by atoms with Crippen LogP contribution in [0.15, 0.2) is 30.3 Å². The summed E-state index contributed by atoms with van der Waals surface area (Å²) in [6, 6.07) is 11.4. The fourth-order valence-electron chi connectivity index (χ4n) is 2.64. The largest absolute Gasteiger partial charge is 0.366 e. The molecule has 0 saturated heterocycles. The Bertz CT molecular complexity index is 731. The number of hydrogen-bond donors (Lipinski definition) is 1. The third-order valence-electron chi connectivity index (χ3n) is 4.08. The molecule has 1 aromatic carbocycles. The molecule has 21 heavy (non-hydrogen) atoms. The van der Waals surface area contributed by atoms with E-state index in [4.69, 9.17) is 11.0 Å². The molecule has 2 aromatic rings. The summed E-state index contributed by atoms with van der Waals surface area (Å²) in [5.74, 6) is 0.311. The quantitative estimate of drug-likeness (QED) is 0.934. The molecule has 1 aliphatic carbocycles. The van der Waals surface area contributed by atoms with Crippen molar-refractivity contribution in [2.24, 2.45) is 11.7 Å². The van der Waals surface area contributed by atoms with Crippen molar-refractivity contribution in [1.29, 1.82) is 5.26 Å². The van der Waals surface area contributed by atoms with E-state index in [9.17, 15) is 4.79 Å². The number of nitrogens with zero attached hydrogens (tertiary/aromatic N) is 2. The van der Waals surface area contributed by atoms with Crippen LogP contribution < -0.4 is 5.73 Å². The molecule has 4 heteroatoms. The number of benzene rings is 1. The van der Waals surface area contributed by atoms with Crippen molar-refractivity contribution in [3.8, 4) is 17.3 Å². The van der Waals surface area contributed by atoms with E-state index in [2.05, 4.69) is 10.6 Å². The summed E-state index contributed by atoms with van der Waals surface area (Å²) in [4.78, 5) is 11.6. The minimum Gasteiger partial charge on any atom is -0.366 e. The van der Waals surface area contributed by atoms with E-state index in [1.54, 1.807) is 12.1 Å². The molecular weight excluding hydrogens is 262 g/mol. The van der Waals surface area contributed by atoms with Gasteiger partial charge in [-0.05, 0) is 49.4 Å². The second-order valence-corrected chi connectivity index (χ2v) is 5.64. The summed E-state index contributed by atoms with van der Waals surface area (Å²) in [5, 5.41) is 8.89. The second kappa shape index (κ2) is 5.10. The Morgan fingerprint density at radius 3 is 2.57 bits per heavy atom. The van der Waals surface area contributed by atoms with Crippen molar-refractivity contribution >= 4 is 5.91 Å². The van der Waals surface area contributed by atoms with Gasteiger partial charge in [0.15, 0.2) is 0 Å². The Hall–Kier alpha value is -2.54. The summed E-state index contributed by atoms with van der Waals surface area (Å²) in [5.41, 5.74) is 9.61. The van der Waals surface area contributed by atoms with E-state index in [1.807, 2.05) is 25.1 Å². The van der Waals surface area contributed by atoms with Gasteiger partial charge in [-0.25, -0.2) is 0 Å². The van der Waals surface area contributed by atoms with Crippen LogP contribution in [-0.2, 0) is 6.54 Å². The number of nitriles is 1. The molecule has 2 N–H and O–H groups in total. The Labute approximate surface area is 123 Å². The molecule has 1 amide bonds. The van der Waals surface area contributed by atoms with Crippen LogP contribution in [0.25, 0.3) is 11.3 Å². The van der Waals surface area contributed by atoms with Crippen molar-refractivity contribution in [2.75, 3.05) is 0 Å². The number of aromatic nitrogens is 1. The van der Waals surface area contributed by atoms with Gasteiger partial charge in [-0.15, -0.1) is 0 Å². The number of carbonyl (C=O) groups is 1. The van der Waals surface area contributed by atoms with Crippen LogP contribution in [0.3, 0.4) is 0 Å². The summed E-state index contributed by atoms with van der Waals surface area (Å²) in [6.07, 6.45) is 2.49. The molecule has 3 rings (SSSR count). The first-order chi connectivity index (χ1) is 10.1. The van der Waals surface area contributed by atoms with Crippen molar-refractivity contribution in [3.63, 3.8) is 0 Å². The van der Waals surface area contributed by atoms with Crippen molar-refractivity contribution in [2.45, 2.75) is 26.3 Å². The highest BCUT2D eigenvalue weighted by Gasteiger charge is 2.25. The molecule has 0 spiro atoms. The first-order valence-electron chi connectivity index (χ1n) is 7.10. The van der Waals surface area contributed by atoms with Crippen LogP contribution in [-0.4, -0.2) is 10.5 Å². The van der Waals surface area contributed by atoms with Crippen molar-refractivity contribution in [3.05, 3.63) is 47.2 Å². The van der Waals surface area contributed by atoms with Gasteiger partial charge in [0.25, 0.3) is 5.91 Å². The Morgan fingerprint density at radius 1 is 1.38 bits per heavy atom. The monoisotopic (exact) mass is 279 g/mol. The lowest BCUT2D eigenvalue weighted by Gasteiger charge is -2.11. The highest BCUT2D eigenvalue weighted by Crippen LogP contribution is 2.34. The van der Waals surface area contributed by atoms with E-state index in [1.165, 1.54) is 12.8 Å². The molecule has 1 heterocycles. The number of nitrogens with two attached hydrogens (primary N) is 1. The molecular formula is C17H17N3O. The van der Waals surface area contributed by atoms with E-state index in [-0.39, 0.29) is 0 Å². The van der Waals surface area contributed by atoms with Crippen molar-refractivity contribution in [1.82, 2.24) is 4.57 Å². The van der Waals surface area contributed by atoms with Gasteiger partial charge in [-0.2, -0.15) is 5.26 Å². The van der Waals surface area contributed by atoms with E-state index < -0.39 is 5.91 Å². The highest BCUT2D eigenvalue weighted by molar-refractivity contribution is 5.95. The minimum atomic E-state index is -0.392. The lowest BCUT2D eigenvalue weighted by atomic mass is 10.1. The minimum absolute atomic E-state index is 0.392. The van der Waals surface area contributed by atoms with Gasteiger partial charge >= 0.3 is 0 Å². The molecule has 0 atom stereocenters. The maximum absolute atomic E-state index is 11.6. The van der Waals surface area contributed by atoms with Crippen LogP contribution in [0.1, 0.15) is 34.5 Å². The smallest absolute Gasteiger partial charge is 0.250 e. The third-order valence-corrected chi connectivity index (χ3v) is 4.08. The predicted molar refractivity (Wildman–Crippen MR) is 80.6 cm³/mol. The van der Waals surface area contributed by atoms with E-state index in [0.717, 1.165) is 23.5 Å². The lowest BCUT2D eigenvalue weighted by Crippen LogP contribution is -2.12. The highest BCUT2D eigenvalue weighted by atomic mass is 16.1. The fraction of sp³-hybridized carbons (Fsp3) is 0.294. The SMILES string of the molecule is Cc1c(C(N)=O)cc(-c2ccc(C#N)cc2)n1CC1CC1. The number of hydrogen-bond acceptors (Lipinski definition) is 2. The number of amides is 1. The first kappa shape index (κ1) is 13.4. The predicted octanol–water partition coefficient (Wildman–Crippen LogP) is 2.84. The van der Waals surface area contributed by atoms with Gasteiger partial charge < -0.3 is 10.3 Å². The van der Waals surface area contributed by atoms with E-state index in [0.29, 0.717) is 17.0 Å². The maximum atomic E-state index is 11.6. The molecule has 0 unspecified atom stereocenters. The fourth-order valence-corrected chi connectivity index (χ4v) is 2.64. The number of carbonyl (C=O) groups excluding carboxylic acids is 1. The van der Waals surface area contributed by atoms with Crippen LogP contribution in [0.5, 0.6) is 0 Å². The maximum Gasteiger partial charge on any atom is 0.250 e. The molecule has 1 fully saturated rings. The Kier molecular flexibility index (Phi) is 3.26.